The molecule has 1 saturated heterocycles. The van der Waals surface area contributed by atoms with Crippen molar-refractivity contribution in [3.05, 3.63) is 29.8 Å². The second kappa shape index (κ2) is 4.73. The van der Waals surface area contributed by atoms with Gasteiger partial charge < -0.3 is 10.5 Å². The lowest BCUT2D eigenvalue weighted by Crippen LogP contribution is -2.36. The minimum atomic E-state index is -3.75. The number of nitrogens with two attached hydrogens (primary N) is 1. The van der Waals surface area contributed by atoms with E-state index in [2.05, 4.69) is 0 Å². The summed E-state index contributed by atoms with van der Waals surface area (Å²) in [5, 5.41) is 0. The Balaban J connectivity index is 2.16. The second-order valence-corrected chi connectivity index (χ2v) is 5.68. The van der Waals surface area contributed by atoms with Crippen LogP contribution in [0.4, 0.5) is 0 Å². The number of hydrogen-bond acceptors (Lipinski definition) is 5. The van der Waals surface area contributed by atoms with Crippen LogP contribution < -0.4 is 5.73 Å². The normalized spacial score (nSPS) is 25.1. The molecule has 0 radical (unpaired) electrons. The Kier molecular flexibility index (Phi) is 3.48. The second-order valence-electron chi connectivity index (χ2n) is 4.10. The maximum Gasteiger partial charge on any atom is 0.297 e. The predicted molar refractivity (Wildman–Crippen MR) is 62.0 cm³/mol. The van der Waals surface area contributed by atoms with Crippen LogP contribution in [0.5, 0.6) is 0 Å². The Labute approximate surface area is 101 Å². The summed E-state index contributed by atoms with van der Waals surface area (Å²) in [5.74, 6) is 0. The largest absolute Gasteiger partial charge is 0.377 e. The van der Waals surface area contributed by atoms with Crippen molar-refractivity contribution in [1.29, 1.82) is 0 Å². The standard InChI is InChI=1S/C11H15NO4S/c1-8-2-4-9(5-3-8)17(13,14)16-11-7-15-6-10(11)12/h2-5,10-11H,6-7,12H2,1H3/t10-,11-/m0/s1. The molecular weight excluding hydrogens is 242 g/mol. The summed E-state index contributed by atoms with van der Waals surface area (Å²) in [6.45, 7) is 2.43. The molecule has 1 aromatic rings. The molecule has 1 aliphatic rings. The summed E-state index contributed by atoms with van der Waals surface area (Å²) < 4.78 is 33.9. The first-order chi connectivity index (χ1) is 7.99. The van der Waals surface area contributed by atoms with Gasteiger partial charge in [0.25, 0.3) is 10.1 Å². The van der Waals surface area contributed by atoms with Crippen LogP contribution in [0, 0.1) is 6.92 Å². The number of aryl methyl sites for hydroxylation is 1. The van der Waals surface area contributed by atoms with Crippen molar-refractivity contribution in [2.75, 3.05) is 13.2 Å². The Bertz CT molecular complexity index is 483. The molecular formula is C11H15NO4S. The molecule has 1 fully saturated rings. The topological polar surface area (TPSA) is 78.6 Å². The van der Waals surface area contributed by atoms with Crippen LogP contribution in [0.1, 0.15) is 5.56 Å². The van der Waals surface area contributed by atoms with E-state index < -0.39 is 22.3 Å². The highest BCUT2D eigenvalue weighted by Crippen LogP contribution is 2.18. The molecule has 0 bridgehead atoms. The fraction of sp³-hybridized carbons (Fsp3) is 0.455. The predicted octanol–water partition coefficient (Wildman–Crippen LogP) is 0.426. The molecule has 2 rings (SSSR count). The summed E-state index contributed by atoms with van der Waals surface area (Å²) >= 11 is 0. The zero-order valence-electron chi connectivity index (χ0n) is 9.50. The maximum atomic E-state index is 11.9. The van der Waals surface area contributed by atoms with Crippen molar-refractivity contribution < 1.29 is 17.3 Å². The van der Waals surface area contributed by atoms with E-state index in [1.807, 2.05) is 6.92 Å². The van der Waals surface area contributed by atoms with Crippen molar-refractivity contribution in [2.45, 2.75) is 24.0 Å². The Hall–Kier alpha value is -0.950. The third-order valence-electron chi connectivity index (χ3n) is 2.63. The highest BCUT2D eigenvalue weighted by molar-refractivity contribution is 7.86. The highest BCUT2D eigenvalue weighted by Gasteiger charge is 2.31. The number of ether oxygens (including phenoxy) is 1. The molecule has 6 heteroatoms. The average Bonchev–Trinajstić information content (AvgIpc) is 2.64. The van der Waals surface area contributed by atoms with Crippen molar-refractivity contribution in [3.8, 4) is 0 Å². The number of benzene rings is 1. The molecule has 0 aromatic heterocycles. The minimum Gasteiger partial charge on any atom is -0.377 e. The Morgan fingerprint density at radius 2 is 1.94 bits per heavy atom. The molecule has 0 unspecified atom stereocenters. The van der Waals surface area contributed by atoms with Gasteiger partial charge in [-0.05, 0) is 19.1 Å². The van der Waals surface area contributed by atoms with Crippen LogP contribution in [0.25, 0.3) is 0 Å². The Morgan fingerprint density at radius 1 is 1.29 bits per heavy atom. The SMILES string of the molecule is Cc1ccc(S(=O)(=O)O[C@H]2COC[C@@H]2N)cc1. The smallest absolute Gasteiger partial charge is 0.297 e. The van der Waals surface area contributed by atoms with Gasteiger partial charge in [-0.25, -0.2) is 0 Å². The molecule has 1 aromatic carbocycles. The first-order valence-corrected chi connectivity index (χ1v) is 6.73. The monoisotopic (exact) mass is 257 g/mol. The highest BCUT2D eigenvalue weighted by atomic mass is 32.2. The zero-order chi connectivity index (χ0) is 12.5. The van der Waals surface area contributed by atoms with Crippen LogP contribution >= 0.6 is 0 Å². The molecule has 2 atom stereocenters. The fourth-order valence-electron chi connectivity index (χ4n) is 1.57. The van der Waals surface area contributed by atoms with Gasteiger partial charge in [-0.3, -0.25) is 4.18 Å². The van der Waals surface area contributed by atoms with Crippen LogP contribution in [-0.2, 0) is 19.0 Å². The third kappa shape index (κ3) is 2.84. The number of rotatable bonds is 3. The van der Waals surface area contributed by atoms with Crippen LogP contribution in [0.3, 0.4) is 0 Å². The van der Waals surface area contributed by atoms with E-state index in [1.54, 1.807) is 12.1 Å². The van der Waals surface area contributed by atoms with Crippen molar-refractivity contribution in [2.24, 2.45) is 5.73 Å². The summed E-state index contributed by atoms with van der Waals surface area (Å²) in [4.78, 5) is 0.141. The molecule has 5 nitrogen and oxygen atoms in total. The van der Waals surface area contributed by atoms with Gasteiger partial charge in [0.05, 0.1) is 24.2 Å². The van der Waals surface area contributed by atoms with Crippen molar-refractivity contribution in [1.82, 2.24) is 0 Å². The van der Waals surface area contributed by atoms with Crippen LogP contribution in [0.2, 0.25) is 0 Å². The summed E-state index contributed by atoms with van der Waals surface area (Å²) in [5.41, 5.74) is 6.66. The van der Waals surface area contributed by atoms with Crippen molar-refractivity contribution >= 4 is 10.1 Å². The molecule has 17 heavy (non-hydrogen) atoms. The quantitative estimate of drug-likeness (QED) is 0.794. The Morgan fingerprint density at radius 3 is 2.47 bits per heavy atom. The van der Waals surface area contributed by atoms with E-state index in [9.17, 15) is 8.42 Å². The van der Waals surface area contributed by atoms with Gasteiger partial charge in [0, 0.05) is 0 Å². The zero-order valence-corrected chi connectivity index (χ0v) is 10.3. The average molecular weight is 257 g/mol. The molecule has 0 saturated carbocycles. The van der Waals surface area contributed by atoms with Gasteiger partial charge >= 0.3 is 0 Å². The third-order valence-corrected chi connectivity index (χ3v) is 3.98. The lowest BCUT2D eigenvalue weighted by Gasteiger charge is -2.14. The first-order valence-electron chi connectivity index (χ1n) is 5.32. The molecule has 94 valence electrons. The molecule has 1 aliphatic heterocycles. The lowest BCUT2D eigenvalue weighted by molar-refractivity contribution is 0.144. The molecule has 0 amide bonds. The van der Waals surface area contributed by atoms with Gasteiger partial charge in [0.1, 0.15) is 6.10 Å². The van der Waals surface area contributed by atoms with Crippen LogP contribution in [-0.4, -0.2) is 33.8 Å². The van der Waals surface area contributed by atoms with E-state index >= 15 is 0 Å². The molecule has 0 spiro atoms. The first kappa shape index (κ1) is 12.5. The minimum absolute atomic E-state index is 0.141. The summed E-state index contributed by atoms with van der Waals surface area (Å²) in [6.07, 6.45) is -0.596. The van der Waals surface area contributed by atoms with Crippen molar-refractivity contribution in [3.63, 3.8) is 0 Å². The summed E-state index contributed by atoms with van der Waals surface area (Å²) in [6, 6.07) is 6.09. The van der Waals surface area contributed by atoms with E-state index in [1.165, 1.54) is 12.1 Å². The lowest BCUT2D eigenvalue weighted by atomic mass is 10.2. The van der Waals surface area contributed by atoms with E-state index in [0.29, 0.717) is 6.61 Å². The van der Waals surface area contributed by atoms with E-state index in [0.717, 1.165) is 5.56 Å². The maximum absolute atomic E-state index is 11.9. The van der Waals surface area contributed by atoms with Gasteiger partial charge in [-0.2, -0.15) is 8.42 Å². The van der Waals surface area contributed by atoms with Crippen LogP contribution in [0.15, 0.2) is 29.2 Å². The fourth-order valence-corrected chi connectivity index (χ4v) is 2.68. The van der Waals surface area contributed by atoms with Gasteiger partial charge in [-0.1, -0.05) is 17.7 Å². The number of hydrogen-bond donors (Lipinski definition) is 1. The van der Waals surface area contributed by atoms with Gasteiger partial charge in [0.15, 0.2) is 0 Å². The van der Waals surface area contributed by atoms with Gasteiger partial charge in [0.2, 0.25) is 0 Å². The van der Waals surface area contributed by atoms with Gasteiger partial charge in [-0.15, -0.1) is 0 Å². The van der Waals surface area contributed by atoms with E-state index in [4.69, 9.17) is 14.7 Å². The van der Waals surface area contributed by atoms with E-state index in [-0.39, 0.29) is 11.5 Å². The molecule has 0 aliphatic carbocycles. The molecule has 2 N–H and O–H groups in total. The summed E-state index contributed by atoms with van der Waals surface area (Å²) in [7, 11) is -3.75. The molecule has 1 heterocycles.